The molecule has 1 aromatic carbocycles. The van der Waals surface area contributed by atoms with Crippen molar-refractivity contribution < 1.29 is 13.5 Å². The predicted octanol–water partition coefficient (Wildman–Crippen LogP) is 2.63. The predicted molar refractivity (Wildman–Crippen MR) is 82.5 cm³/mol. The first-order valence-corrected chi connectivity index (χ1v) is 9.00. The molecule has 2 aromatic rings. The number of aliphatic hydroxyl groups excluding tert-OH is 1. The highest BCUT2D eigenvalue weighted by molar-refractivity contribution is 7.89. The third-order valence-corrected chi connectivity index (χ3v) is 5.46. The average Bonchev–Trinajstić information content (AvgIpc) is 2.99. The van der Waals surface area contributed by atoms with E-state index in [9.17, 15) is 13.5 Å². The maximum absolute atomic E-state index is 12.5. The van der Waals surface area contributed by atoms with Crippen molar-refractivity contribution in [3.8, 4) is 0 Å². The van der Waals surface area contributed by atoms with Gasteiger partial charge in [0.15, 0.2) is 0 Å². The third kappa shape index (κ3) is 3.88. The highest BCUT2D eigenvalue weighted by Gasteiger charge is 2.22. The lowest BCUT2D eigenvalue weighted by atomic mass is 10.1. The van der Waals surface area contributed by atoms with Gasteiger partial charge in [0.25, 0.3) is 0 Å². The summed E-state index contributed by atoms with van der Waals surface area (Å²) < 4.78 is 27.6. The van der Waals surface area contributed by atoms with Gasteiger partial charge in [-0.1, -0.05) is 19.1 Å². The molecule has 2 unspecified atom stereocenters. The van der Waals surface area contributed by atoms with Crippen LogP contribution in [0.5, 0.6) is 0 Å². The molecule has 0 fully saturated rings. The molecule has 0 saturated heterocycles. The van der Waals surface area contributed by atoms with Crippen LogP contribution in [0.3, 0.4) is 0 Å². The summed E-state index contributed by atoms with van der Waals surface area (Å²) in [7, 11) is -3.65. The van der Waals surface area contributed by atoms with Gasteiger partial charge in [-0.25, -0.2) is 18.1 Å². The lowest BCUT2D eigenvalue weighted by Crippen LogP contribution is -2.28. The second-order valence-corrected chi connectivity index (χ2v) is 7.34. The van der Waals surface area contributed by atoms with Crippen molar-refractivity contribution in [3.63, 3.8) is 0 Å². The summed E-state index contributed by atoms with van der Waals surface area (Å²) in [6.45, 7) is 3.50. The molecule has 0 spiro atoms. The van der Waals surface area contributed by atoms with E-state index in [-0.39, 0.29) is 10.9 Å². The van der Waals surface area contributed by atoms with Crippen LogP contribution in [-0.2, 0) is 10.0 Å². The number of hydrogen-bond donors (Lipinski definition) is 2. The van der Waals surface area contributed by atoms with Crippen molar-refractivity contribution in [2.24, 2.45) is 0 Å². The molecule has 0 amide bonds. The number of aliphatic hydroxyl groups is 1. The fourth-order valence-electron chi connectivity index (χ4n) is 1.91. The molecule has 5 nitrogen and oxygen atoms in total. The number of rotatable bonds is 6. The zero-order valence-electron chi connectivity index (χ0n) is 11.9. The van der Waals surface area contributed by atoms with E-state index < -0.39 is 16.1 Å². The molecule has 1 aromatic heterocycles. The Morgan fingerprint density at radius 3 is 2.76 bits per heavy atom. The van der Waals surface area contributed by atoms with Gasteiger partial charge in [0, 0.05) is 11.6 Å². The Morgan fingerprint density at radius 1 is 1.43 bits per heavy atom. The van der Waals surface area contributed by atoms with E-state index in [0.717, 1.165) is 5.01 Å². The van der Waals surface area contributed by atoms with Crippen molar-refractivity contribution >= 4 is 21.4 Å². The summed E-state index contributed by atoms with van der Waals surface area (Å²) in [5, 5.41) is 12.1. The van der Waals surface area contributed by atoms with Crippen molar-refractivity contribution in [2.45, 2.75) is 37.3 Å². The van der Waals surface area contributed by atoms with Crippen LogP contribution >= 0.6 is 11.3 Å². The Bertz CT molecular complexity index is 682. The van der Waals surface area contributed by atoms with E-state index in [0.29, 0.717) is 12.0 Å². The minimum Gasteiger partial charge on any atom is -0.389 e. The lowest BCUT2D eigenvalue weighted by Gasteiger charge is -2.15. The smallest absolute Gasteiger partial charge is 0.241 e. The first kappa shape index (κ1) is 16.1. The van der Waals surface area contributed by atoms with E-state index in [1.807, 2.05) is 12.3 Å². The van der Waals surface area contributed by atoms with Gasteiger partial charge in [0.05, 0.1) is 17.0 Å². The van der Waals surface area contributed by atoms with Crippen molar-refractivity contribution in [1.29, 1.82) is 0 Å². The van der Waals surface area contributed by atoms with E-state index in [1.165, 1.54) is 23.5 Å². The second kappa shape index (κ2) is 6.65. The van der Waals surface area contributed by atoms with Gasteiger partial charge in [0.2, 0.25) is 10.0 Å². The highest BCUT2D eigenvalue weighted by Crippen LogP contribution is 2.23. The van der Waals surface area contributed by atoms with Gasteiger partial charge in [-0.2, -0.15) is 0 Å². The average molecular weight is 326 g/mol. The van der Waals surface area contributed by atoms with Gasteiger partial charge >= 0.3 is 0 Å². The molecule has 0 aliphatic carbocycles. The number of thiazole rings is 1. The fraction of sp³-hybridized carbons (Fsp3) is 0.357. The van der Waals surface area contributed by atoms with Gasteiger partial charge in [-0.3, -0.25) is 0 Å². The van der Waals surface area contributed by atoms with Crippen LogP contribution in [0.4, 0.5) is 0 Å². The maximum Gasteiger partial charge on any atom is 0.241 e. The second-order valence-electron chi connectivity index (χ2n) is 4.70. The molecule has 7 heteroatoms. The van der Waals surface area contributed by atoms with Crippen molar-refractivity contribution in [1.82, 2.24) is 9.71 Å². The monoisotopic (exact) mass is 326 g/mol. The molecule has 0 radical (unpaired) electrons. The normalized spacial score (nSPS) is 14.8. The molecule has 0 aliphatic rings. The lowest BCUT2D eigenvalue weighted by molar-refractivity contribution is 0.199. The number of nitrogens with zero attached hydrogens (tertiary/aromatic N) is 1. The molecule has 0 saturated carbocycles. The van der Waals surface area contributed by atoms with Crippen LogP contribution in [0.25, 0.3) is 0 Å². The standard InChI is InChI=1S/C14H18N2O3S2/c1-3-13(14-15-7-8-20-14)16-21(18,19)12-6-4-5-11(9-12)10(2)17/h4-10,13,16-17H,3H2,1-2H3. The number of benzene rings is 1. The van der Waals surface area contributed by atoms with Gasteiger partial charge in [-0.05, 0) is 31.0 Å². The first-order chi connectivity index (χ1) is 9.94. The van der Waals surface area contributed by atoms with E-state index in [1.54, 1.807) is 25.3 Å². The third-order valence-electron chi connectivity index (χ3n) is 3.11. The Morgan fingerprint density at radius 2 is 2.19 bits per heavy atom. The molecule has 0 aliphatic heterocycles. The Kier molecular flexibility index (Phi) is 5.10. The summed E-state index contributed by atoms with van der Waals surface area (Å²) in [6, 6.07) is 5.98. The molecule has 2 N–H and O–H groups in total. The molecule has 2 atom stereocenters. The van der Waals surface area contributed by atoms with Gasteiger partial charge < -0.3 is 5.11 Å². The summed E-state index contributed by atoms with van der Waals surface area (Å²) in [5.41, 5.74) is 0.570. The molecule has 114 valence electrons. The Hall–Kier alpha value is -1.28. The molecular formula is C14H18N2O3S2. The zero-order chi connectivity index (χ0) is 15.5. The molecular weight excluding hydrogens is 308 g/mol. The number of sulfonamides is 1. The highest BCUT2D eigenvalue weighted by atomic mass is 32.2. The zero-order valence-corrected chi connectivity index (χ0v) is 13.5. The minimum absolute atomic E-state index is 0.149. The Labute approximate surface area is 128 Å². The summed E-state index contributed by atoms with van der Waals surface area (Å²) >= 11 is 1.42. The van der Waals surface area contributed by atoms with Crippen LogP contribution < -0.4 is 4.72 Å². The Balaban J connectivity index is 2.27. The maximum atomic E-state index is 12.5. The quantitative estimate of drug-likeness (QED) is 0.855. The van der Waals surface area contributed by atoms with Crippen molar-refractivity contribution in [2.75, 3.05) is 0 Å². The largest absolute Gasteiger partial charge is 0.389 e. The number of hydrogen-bond acceptors (Lipinski definition) is 5. The summed E-state index contributed by atoms with van der Waals surface area (Å²) in [6.07, 6.45) is 1.56. The van der Waals surface area contributed by atoms with Gasteiger partial charge in [-0.15, -0.1) is 11.3 Å². The SMILES string of the molecule is CCC(NS(=O)(=O)c1cccc(C(C)O)c1)c1nccs1. The fourth-order valence-corrected chi connectivity index (χ4v) is 4.10. The van der Waals surface area contributed by atoms with Crippen LogP contribution in [0.1, 0.15) is 43.0 Å². The summed E-state index contributed by atoms with van der Waals surface area (Å²) in [4.78, 5) is 4.31. The molecule has 1 heterocycles. The first-order valence-electron chi connectivity index (χ1n) is 6.63. The van der Waals surface area contributed by atoms with E-state index in [2.05, 4.69) is 9.71 Å². The topological polar surface area (TPSA) is 79.3 Å². The van der Waals surface area contributed by atoms with Crippen LogP contribution in [0, 0.1) is 0 Å². The molecule has 0 bridgehead atoms. The van der Waals surface area contributed by atoms with Crippen LogP contribution in [0.2, 0.25) is 0 Å². The molecule has 21 heavy (non-hydrogen) atoms. The van der Waals surface area contributed by atoms with Crippen LogP contribution in [-0.4, -0.2) is 18.5 Å². The number of aromatic nitrogens is 1. The number of nitrogens with one attached hydrogen (secondary N) is 1. The van der Waals surface area contributed by atoms with Gasteiger partial charge in [0.1, 0.15) is 5.01 Å². The van der Waals surface area contributed by atoms with Crippen molar-refractivity contribution in [3.05, 3.63) is 46.4 Å². The summed E-state index contributed by atoms with van der Waals surface area (Å²) in [5.74, 6) is 0. The molecule has 2 rings (SSSR count). The minimum atomic E-state index is -3.65. The van der Waals surface area contributed by atoms with E-state index in [4.69, 9.17) is 0 Å². The van der Waals surface area contributed by atoms with E-state index >= 15 is 0 Å². The van der Waals surface area contributed by atoms with Crippen LogP contribution in [0.15, 0.2) is 40.7 Å².